The lowest BCUT2D eigenvalue weighted by atomic mass is 10.1. The monoisotopic (exact) mass is 243 g/mol. The average molecular weight is 243 g/mol. The van der Waals surface area contributed by atoms with Gasteiger partial charge in [0, 0.05) is 17.1 Å². The van der Waals surface area contributed by atoms with Crippen molar-refractivity contribution in [3.63, 3.8) is 0 Å². The van der Waals surface area contributed by atoms with Crippen molar-refractivity contribution in [3.05, 3.63) is 59.7 Å². The van der Waals surface area contributed by atoms with Crippen LogP contribution in [0.25, 0.3) is 0 Å². The lowest BCUT2D eigenvalue weighted by molar-refractivity contribution is 1.14. The minimum atomic E-state index is 0.875. The molecule has 0 fully saturated rings. The molecule has 2 rings (SSSR count). The van der Waals surface area contributed by atoms with Gasteiger partial charge in [0.1, 0.15) is 0 Å². The van der Waals surface area contributed by atoms with Gasteiger partial charge in [-0.2, -0.15) is 0 Å². The Balaban J connectivity index is 1.97. The number of hydrogen-bond donors (Lipinski definition) is 1. The van der Waals surface area contributed by atoms with Crippen molar-refractivity contribution < 1.29 is 0 Å². The van der Waals surface area contributed by atoms with Crippen molar-refractivity contribution in [1.29, 1.82) is 0 Å². The fourth-order valence-corrected chi connectivity index (χ4v) is 2.14. The Labute approximate surface area is 107 Å². The predicted molar refractivity (Wildman–Crippen MR) is 76.7 cm³/mol. The molecule has 0 atom stereocenters. The molecule has 1 N–H and O–H groups in total. The van der Waals surface area contributed by atoms with Crippen LogP contribution in [0.5, 0.6) is 0 Å². The lowest BCUT2D eigenvalue weighted by Gasteiger charge is -2.07. The first kappa shape index (κ1) is 12.1. The molecule has 0 aromatic heterocycles. The normalized spacial score (nSPS) is 10.2. The summed E-state index contributed by atoms with van der Waals surface area (Å²) in [6.07, 6.45) is 2.09. The molecule has 0 saturated carbocycles. The summed E-state index contributed by atoms with van der Waals surface area (Å²) in [7, 11) is 0. The van der Waals surface area contributed by atoms with E-state index < -0.39 is 0 Å². The van der Waals surface area contributed by atoms with Gasteiger partial charge in [0.15, 0.2) is 0 Å². The molecule has 2 heteroatoms. The van der Waals surface area contributed by atoms with Gasteiger partial charge < -0.3 is 5.32 Å². The van der Waals surface area contributed by atoms with Crippen LogP contribution in [0.1, 0.15) is 11.1 Å². The lowest BCUT2D eigenvalue weighted by Crippen LogP contribution is -1.99. The molecule has 0 aliphatic heterocycles. The van der Waals surface area contributed by atoms with Gasteiger partial charge in [0.25, 0.3) is 0 Å². The molecule has 0 aliphatic carbocycles. The number of benzene rings is 2. The molecule has 0 spiro atoms. The third-order valence-corrected chi connectivity index (χ3v) is 3.41. The second-order valence-corrected chi connectivity index (χ2v) is 4.95. The Morgan fingerprint density at radius 2 is 1.82 bits per heavy atom. The quantitative estimate of drug-likeness (QED) is 0.802. The Morgan fingerprint density at radius 3 is 2.47 bits per heavy atom. The van der Waals surface area contributed by atoms with E-state index in [9.17, 15) is 0 Å². The van der Waals surface area contributed by atoms with E-state index in [2.05, 4.69) is 67.0 Å². The van der Waals surface area contributed by atoms with E-state index in [1.54, 1.807) is 11.8 Å². The van der Waals surface area contributed by atoms with Crippen LogP contribution in [0.15, 0.2) is 53.4 Å². The van der Waals surface area contributed by atoms with Gasteiger partial charge in [-0.3, -0.25) is 0 Å². The fraction of sp³-hybridized carbons (Fsp3) is 0.200. The molecule has 0 unspecified atom stereocenters. The molecule has 0 amide bonds. The fourth-order valence-electron chi connectivity index (χ4n) is 1.74. The number of rotatable bonds is 4. The van der Waals surface area contributed by atoms with Gasteiger partial charge in [-0.05, 0) is 43.0 Å². The van der Waals surface area contributed by atoms with E-state index in [-0.39, 0.29) is 0 Å². The van der Waals surface area contributed by atoms with Crippen molar-refractivity contribution in [2.45, 2.75) is 18.4 Å². The zero-order chi connectivity index (χ0) is 12.1. The molecule has 0 radical (unpaired) electrons. The van der Waals surface area contributed by atoms with E-state index in [1.165, 1.54) is 21.7 Å². The maximum absolute atomic E-state index is 3.43. The van der Waals surface area contributed by atoms with Crippen LogP contribution in [-0.4, -0.2) is 6.26 Å². The zero-order valence-electron chi connectivity index (χ0n) is 10.2. The predicted octanol–water partition coefficient (Wildman–Crippen LogP) is 4.33. The summed E-state index contributed by atoms with van der Waals surface area (Å²) in [6, 6.07) is 17.1. The zero-order valence-corrected chi connectivity index (χ0v) is 11.1. The first-order valence-electron chi connectivity index (χ1n) is 5.71. The Bertz CT molecular complexity index is 477. The smallest absolute Gasteiger partial charge is 0.0400 e. The maximum atomic E-state index is 3.43. The minimum absolute atomic E-state index is 0.875. The molecular formula is C15H17NS. The number of thioether (sulfide) groups is 1. The highest BCUT2D eigenvalue weighted by atomic mass is 32.2. The molecule has 2 aromatic rings. The topological polar surface area (TPSA) is 12.0 Å². The molecule has 0 heterocycles. The van der Waals surface area contributed by atoms with E-state index in [0.717, 1.165) is 6.54 Å². The summed E-state index contributed by atoms with van der Waals surface area (Å²) in [5, 5.41) is 3.43. The van der Waals surface area contributed by atoms with Gasteiger partial charge in [-0.1, -0.05) is 29.8 Å². The summed E-state index contributed by atoms with van der Waals surface area (Å²) in [5.74, 6) is 0. The SMILES string of the molecule is CSc1ccc(NCc2cccc(C)c2)cc1. The summed E-state index contributed by atoms with van der Waals surface area (Å²) >= 11 is 1.77. The highest BCUT2D eigenvalue weighted by Gasteiger charge is 1.95. The van der Waals surface area contributed by atoms with Gasteiger partial charge >= 0.3 is 0 Å². The van der Waals surface area contributed by atoms with E-state index >= 15 is 0 Å². The molecule has 88 valence electrons. The van der Waals surface area contributed by atoms with Crippen LogP contribution in [0.4, 0.5) is 5.69 Å². The highest BCUT2D eigenvalue weighted by molar-refractivity contribution is 7.98. The first-order valence-corrected chi connectivity index (χ1v) is 6.94. The maximum Gasteiger partial charge on any atom is 0.0400 e. The van der Waals surface area contributed by atoms with Crippen molar-refractivity contribution in [3.8, 4) is 0 Å². The van der Waals surface area contributed by atoms with Gasteiger partial charge in [-0.25, -0.2) is 0 Å². The van der Waals surface area contributed by atoms with Crippen LogP contribution in [0.2, 0.25) is 0 Å². The summed E-state index contributed by atoms with van der Waals surface area (Å²) in [6.45, 7) is 3.00. The van der Waals surface area contributed by atoms with Gasteiger partial charge in [0.2, 0.25) is 0 Å². The van der Waals surface area contributed by atoms with Crippen LogP contribution < -0.4 is 5.32 Å². The second kappa shape index (κ2) is 5.78. The van der Waals surface area contributed by atoms with Crippen LogP contribution in [0, 0.1) is 6.92 Å². The average Bonchev–Trinajstić information content (AvgIpc) is 2.37. The first-order chi connectivity index (χ1) is 8.28. The Kier molecular flexibility index (Phi) is 4.10. The highest BCUT2D eigenvalue weighted by Crippen LogP contribution is 2.18. The second-order valence-electron chi connectivity index (χ2n) is 4.07. The van der Waals surface area contributed by atoms with E-state index in [1.807, 2.05) is 0 Å². The summed E-state index contributed by atoms with van der Waals surface area (Å²) in [4.78, 5) is 1.30. The van der Waals surface area contributed by atoms with Crippen molar-refractivity contribution in [2.24, 2.45) is 0 Å². The number of nitrogens with one attached hydrogen (secondary N) is 1. The minimum Gasteiger partial charge on any atom is -0.381 e. The number of hydrogen-bond acceptors (Lipinski definition) is 2. The van der Waals surface area contributed by atoms with Crippen molar-refractivity contribution in [1.82, 2.24) is 0 Å². The third kappa shape index (κ3) is 3.53. The Morgan fingerprint density at radius 1 is 1.06 bits per heavy atom. The molecule has 17 heavy (non-hydrogen) atoms. The standard InChI is InChI=1S/C15H17NS/c1-12-4-3-5-13(10-12)11-16-14-6-8-15(17-2)9-7-14/h3-10,16H,11H2,1-2H3. The molecule has 0 bridgehead atoms. The van der Waals surface area contributed by atoms with Gasteiger partial charge in [-0.15, -0.1) is 11.8 Å². The largest absolute Gasteiger partial charge is 0.381 e. The molecule has 0 aliphatic rings. The van der Waals surface area contributed by atoms with E-state index in [4.69, 9.17) is 0 Å². The molecule has 1 nitrogen and oxygen atoms in total. The summed E-state index contributed by atoms with van der Waals surface area (Å²) < 4.78 is 0. The van der Waals surface area contributed by atoms with E-state index in [0.29, 0.717) is 0 Å². The van der Waals surface area contributed by atoms with Crippen LogP contribution in [-0.2, 0) is 6.54 Å². The number of anilines is 1. The third-order valence-electron chi connectivity index (χ3n) is 2.67. The van der Waals surface area contributed by atoms with Crippen LogP contribution in [0.3, 0.4) is 0 Å². The van der Waals surface area contributed by atoms with Crippen LogP contribution >= 0.6 is 11.8 Å². The molecule has 2 aromatic carbocycles. The number of aryl methyl sites for hydroxylation is 1. The Hall–Kier alpha value is -1.41. The molecular weight excluding hydrogens is 226 g/mol. The molecule has 0 saturated heterocycles. The van der Waals surface area contributed by atoms with Gasteiger partial charge in [0.05, 0.1) is 0 Å². The summed E-state index contributed by atoms with van der Waals surface area (Å²) in [5.41, 5.74) is 3.80. The van der Waals surface area contributed by atoms with Crippen molar-refractivity contribution >= 4 is 17.4 Å². The van der Waals surface area contributed by atoms with Crippen molar-refractivity contribution in [2.75, 3.05) is 11.6 Å².